The van der Waals surface area contributed by atoms with E-state index in [9.17, 15) is 9.59 Å². The first kappa shape index (κ1) is 14.0. The molecule has 24 heavy (non-hydrogen) atoms. The molecule has 1 saturated carbocycles. The Balaban J connectivity index is 1.40. The van der Waals surface area contributed by atoms with Gasteiger partial charge in [0.1, 0.15) is 0 Å². The summed E-state index contributed by atoms with van der Waals surface area (Å²) in [7, 11) is 0. The van der Waals surface area contributed by atoms with Crippen LogP contribution in [0.2, 0.25) is 0 Å². The zero-order chi connectivity index (χ0) is 16.4. The van der Waals surface area contributed by atoms with Crippen LogP contribution in [-0.4, -0.2) is 28.2 Å². The van der Waals surface area contributed by atoms with Gasteiger partial charge in [-0.25, -0.2) is 0 Å². The molecule has 0 radical (unpaired) electrons. The van der Waals surface area contributed by atoms with E-state index in [0.29, 0.717) is 6.54 Å². The minimum atomic E-state index is -0.0865. The number of benzene rings is 1. The minimum absolute atomic E-state index is 0.0549. The van der Waals surface area contributed by atoms with Crippen LogP contribution >= 0.6 is 0 Å². The van der Waals surface area contributed by atoms with E-state index in [1.807, 2.05) is 12.1 Å². The van der Waals surface area contributed by atoms with Crippen molar-refractivity contribution in [2.45, 2.75) is 19.8 Å². The van der Waals surface area contributed by atoms with Gasteiger partial charge in [0.2, 0.25) is 11.8 Å². The zero-order valence-electron chi connectivity index (χ0n) is 13.7. The molecule has 1 saturated heterocycles. The van der Waals surface area contributed by atoms with Crippen molar-refractivity contribution in [2.24, 2.45) is 23.7 Å². The van der Waals surface area contributed by atoms with E-state index in [2.05, 4.69) is 36.2 Å². The molecule has 122 valence electrons. The lowest BCUT2D eigenvalue weighted by molar-refractivity contribution is -0.140. The number of amides is 2. The molecule has 3 aliphatic rings. The van der Waals surface area contributed by atoms with Crippen molar-refractivity contribution in [3.8, 4) is 0 Å². The van der Waals surface area contributed by atoms with E-state index >= 15 is 0 Å². The predicted molar refractivity (Wildman–Crippen MR) is 91.2 cm³/mol. The molecule has 2 aromatic rings. The molecular weight excluding hydrogens is 300 g/mol. The molecular formula is C20H20N2O2. The molecule has 1 aromatic carbocycles. The Hall–Kier alpha value is -2.36. The van der Waals surface area contributed by atoms with Gasteiger partial charge in [-0.3, -0.25) is 14.5 Å². The van der Waals surface area contributed by atoms with Gasteiger partial charge in [0, 0.05) is 23.1 Å². The van der Waals surface area contributed by atoms with Gasteiger partial charge >= 0.3 is 0 Å². The Kier molecular flexibility index (Phi) is 2.82. The van der Waals surface area contributed by atoms with Gasteiger partial charge in [-0.1, -0.05) is 30.4 Å². The van der Waals surface area contributed by atoms with E-state index in [0.717, 1.165) is 24.1 Å². The number of rotatable bonds is 3. The maximum atomic E-state index is 12.8. The van der Waals surface area contributed by atoms with E-state index in [1.165, 1.54) is 15.8 Å². The highest BCUT2D eigenvalue weighted by Crippen LogP contribution is 2.52. The molecule has 2 amide bonds. The first-order valence-corrected chi connectivity index (χ1v) is 8.75. The summed E-state index contributed by atoms with van der Waals surface area (Å²) in [5, 5.41) is 1.19. The molecule has 0 unspecified atom stereocenters. The third-order valence-electron chi connectivity index (χ3n) is 6.17. The summed E-state index contributed by atoms with van der Waals surface area (Å²) in [6.07, 6.45) is 5.99. The second-order valence-electron chi connectivity index (χ2n) is 7.35. The van der Waals surface area contributed by atoms with E-state index < -0.39 is 0 Å². The molecule has 2 aliphatic carbocycles. The number of fused-ring (bicyclic) bond motifs is 6. The third kappa shape index (κ3) is 1.74. The Morgan fingerprint density at radius 3 is 2.46 bits per heavy atom. The van der Waals surface area contributed by atoms with Crippen molar-refractivity contribution >= 4 is 22.7 Å². The van der Waals surface area contributed by atoms with E-state index in [4.69, 9.17) is 0 Å². The summed E-state index contributed by atoms with van der Waals surface area (Å²) in [4.78, 5) is 30.4. The van der Waals surface area contributed by atoms with Crippen molar-refractivity contribution < 1.29 is 9.59 Å². The third-order valence-corrected chi connectivity index (χ3v) is 6.17. The number of imide groups is 1. The van der Waals surface area contributed by atoms with Crippen LogP contribution in [0, 0.1) is 30.6 Å². The number of H-pyrrole nitrogens is 1. The smallest absolute Gasteiger partial charge is 0.233 e. The molecule has 2 bridgehead atoms. The highest BCUT2D eigenvalue weighted by atomic mass is 16.2. The van der Waals surface area contributed by atoms with Crippen LogP contribution < -0.4 is 0 Å². The SMILES string of the molecule is Cc1[nH]c2ccccc2c1CCN1C(=O)[C@@H]2[C@H](C1=O)[C@@H]1C=C[C@@H]2C1. The van der Waals surface area contributed by atoms with Gasteiger partial charge in [0.05, 0.1) is 11.8 Å². The number of aromatic nitrogens is 1. The molecule has 1 aromatic heterocycles. The van der Waals surface area contributed by atoms with Gasteiger partial charge in [-0.2, -0.15) is 0 Å². The van der Waals surface area contributed by atoms with Gasteiger partial charge < -0.3 is 4.98 Å². The van der Waals surface area contributed by atoms with E-state index in [1.54, 1.807) is 0 Å². The number of aryl methyl sites for hydroxylation is 1. The van der Waals surface area contributed by atoms with Crippen LogP contribution in [0.15, 0.2) is 36.4 Å². The number of para-hydroxylation sites is 1. The van der Waals surface area contributed by atoms with Crippen molar-refractivity contribution in [3.63, 3.8) is 0 Å². The van der Waals surface area contributed by atoms with Crippen molar-refractivity contribution in [3.05, 3.63) is 47.7 Å². The van der Waals surface area contributed by atoms with Gasteiger partial charge in [0.25, 0.3) is 0 Å². The zero-order valence-corrected chi connectivity index (χ0v) is 13.7. The second-order valence-corrected chi connectivity index (χ2v) is 7.35. The lowest BCUT2D eigenvalue weighted by Crippen LogP contribution is -2.34. The fourth-order valence-corrected chi connectivity index (χ4v) is 5.06. The van der Waals surface area contributed by atoms with Crippen LogP contribution in [0.3, 0.4) is 0 Å². The number of hydrogen-bond acceptors (Lipinski definition) is 2. The van der Waals surface area contributed by atoms with Crippen LogP contribution in [-0.2, 0) is 16.0 Å². The lowest BCUT2D eigenvalue weighted by Gasteiger charge is -2.17. The van der Waals surface area contributed by atoms with Gasteiger partial charge in [-0.15, -0.1) is 0 Å². The number of nitrogens with one attached hydrogen (secondary N) is 1. The van der Waals surface area contributed by atoms with E-state index in [-0.39, 0.29) is 35.5 Å². The first-order chi connectivity index (χ1) is 11.6. The summed E-state index contributed by atoms with van der Waals surface area (Å²) in [5.74, 6) is 0.513. The van der Waals surface area contributed by atoms with Crippen LogP contribution in [0.1, 0.15) is 17.7 Å². The quantitative estimate of drug-likeness (QED) is 0.698. The maximum Gasteiger partial charge on any atom is 0.233 e. The lowest BCUT2D eigenvalue weighted by atomic mass is 9.85. The number of nitrogens with zero attached hydrogens (tertiary/aromatic N) is 1. The number of allylic oxidation sites excluding steroid dienone is 2. The predicted octanol–water partition coefficient (Wildman–Crippen LogP) is 2.83. The van der Waals surface area contributed by atoms with Crippen LogP contribution in [0.25, 0.3) is 10.9 Å². The minimum Gasteiger partial charge on any atom is -0.358 e. The largest absolute Gasteiger partial charge is 0.358 e. The topological polar surface area (TPSA) is 53.2 Å². The molecule has 0 spiro atoms. The van der Waals surface area contributed by atoms with Crippen molar-refractivity contribution in [2.75, 3.05) is 6.54 Å². The molecule has 2 heterocycles. The summed E-state index contributed by atoms with van der Waals surface area (Å²) >= 11 is 0. The van der Waals surface area contributed by atoms with Gasteiger partial charge in [-0.05, 0) is 43.2 Å². The average Bonchev–Trinajstić information content (AvgIpc) is 3.30. The van der Waals surface area contributed by atoms with Crippen LogP contribution in [0.5, 0.6) is 0 Å². The summed E-state index contributed by atoms with van der Waals surface area (Å²) in [6.45, 7) is 2.55. The fourth-order valence-electron chi connectivity index (χ4n) is 5.06. The molecule has 4 nitrogen and oxygen atoms in total. The molecule has 2 fully saturated rings. The summed E-state index contributed by atoms with van der Waals surface area (Å²) < 4.78 is 0. The average molecular weight is 320 g/mol. The Morgan fingerprint density at radius 1 is 1.08 bits per heavy atom. The fraction of sp³-hybridized carbons (Fsp3) is 0.400. The molecule has 4 heteroatoms. The number of aromatic amines is 1. The summed E-state index contributed by atoms with van der Waals surface area (Å²) in [6, 6.07) is 8.20. The molecule has 1 N–H and O–H groups in total. The number of carbonyl (C=O) groups excluding carboxylic acids is 2. The number of carbonyl (C=O) groups is 2. The highest BCUT2D eigenvalue weighted by Gasteiger charge is 2.58. The summed E-state index contributed by atoms with van der Waals surface area (Å²) in [5.41, 5.74) is 3.45. The molecule has 5 rings (SSSR count). The first-order valence-electron chi connectivity index (χ1n) is 8.75. The van der Waals surface area contributed by atoms with Crippen LogP contribution in [0.4, 0.5) is 0 Å². The normalized spacial score (nSPS) is 30.8. The van der Waals surface area contributed by atoms with Crippen molar-refractivity contribution in [1.82, 2.24) is 9.88 Å². The monoisotopic (exact) mass is 320 g/mol. The maximum absolute atomic E-state index is 12.8. The van der Waals surface area contributed by atoms with Gasteiger partial charge in [0.15, 0.2) is 0 Å². The Labute approximate surface area is 140 Å². The Morgan fingerprint density at radius 2 is 1.75 bits per heavy atom. The number of hydrogen-bond donors (Lipinski definition) is 1. The van der Waals surface area contributed by atoms with Crippen molar-refractivity contribution in [1.29, 1.82) is 0 Å². The second kappa shape index (κ2) is 4.82. The highest BCUT2D eigenvalue weighted by molar-refractivity contribution is 6.06. The Bertz CT molecular complexity index is 864. The molecule has 4 atom stereocenters. The molecule has 1 aliphatic heterocycles. The standard InChI is InChI=1S/C20H20N2O2/c1-11-14(15-4-2-3-5-16(15)21-11)8-9-22-19(23)17-12-6-7-13(10-12)18(17)20(22)24/h2-7,12-13,17-18,21H,8-10H2,1H3/t12-,13-,17-,18+/m1/s1. The number of likely N-dealkylation sites (tertiary alicyclic amines) is 1.